The van der Waals surface area contributed by atoms with Crippen molar-refractivity contribution in [2.24, 2.45) is 5.92 Å². The fourth-order valence-electron chi connectivity index (χ4n) is 3.47. The fraction of sp³-hybridized carbons (Fsp3) is 0.286. The van der Waals surface area contributed by atoms with E-state index in [2.05, 4.69) is 15.5 Å². The zero-order valence-electron chi connectivity index (χ0n) is 16.9. The van der Waals surface area contributed by atoms with Crippen LogP contribution in [0.3, 0.4) is 0 Å². The number of carbonyl (C=O) groups is 1. The summed E-state index contributed by atoms with van der Waals surface area (Å²) in [6.45, 7) is 0.611. The largest absolute Gasteiger partial charge is 0.300 e. The van der Waals surface area contributed by atoms with Gasteiger partial charge in [0.15, 0.2) is 0 Å². The van der Waals surface area contributed by atoms with Crippen LogP contribution >= 0.6 is 34.5 Å². The van der Waals surface area contributed by atoms with Crippen LogP contribution in [-0.4, -0.2) is 41.9 Å². The summed E-state index contributed by atoms with van der Waals surface area (Å²) in [4.78, 5) is 12.7. The van der Waals surface area contributed by atoms with Gasteiger partial charge in [-0.3, -0.25) is 4.79 Å². The van der Waals surface area contributed by atoms with Gasteiger partial charge in [-0.2, -0.15) is 0 Å². The van der Waals surface area contributed by atoms with E-state index in [0.29, 0.717) is 51.7 Å². The van der Waals surface area contributed by atoms with Crippen LogP contribution in [0.25, 0.3) is 10.6 Å². The Kier molecular flexibility index (Phi) is 7.11. The number of amides is 1. The van der Waals surface area contributed by atoms with Gasteiger partial charge >= 0.3 is 0 Å². The van der Waals surface area contributed by atoms with Crippen LogP contribution < -0.4 is 5.32 Å². The summed E-state index contributed by atoms with van der Waals surface area (Å²) in [6.07, 6.45) is 0.906. The molecule has 0 spiro atoms. The highest BCUT2D eigenvalue weighted by Crippen LogP contribution is 2.29. The van der Waals surface area contributed by atoms with E-state index in [9.17, 15) is 13.2 Å². The summed E-state index contributed by atoms with van der Waals surface area (Å²) in [7, 11) is -3.46. The number of aromatic nitrogens is 2. The average molecular weight is 511 g/mol. The van der Waals surface area contributed by atoms with Crippen LogP contribution in [0, 0.1) is 5.92 Å². The van der Waals surface area contributed by atoms with Gasteiger partial charge in [-0.1, -0.05) is 58.8 Å². The quantitative estimate of drug-likeness (QED) is 0.518. The average Bonchev–Trinajstić information content (AvgIpc) is 3.24. The lowest BCUT2D eigenvalue weighted by atomic mass is 9.97. The van der Waals surface area contributed by atoms with Gasteiger partial charge in [0.05, 0.1) is 5.75 Å². The second-order valence-electron chi connectivity index (χ2n) is 7.46. The first-order valence-electron chi connectivity index (χ1n) is 9.93. The maximum absolute atomic E-state index is 12.7. The predicted octanol–water partition coefficient (Wildman–Crippen LogP) is 4.69. The molecule has 2 aromatic carbocycles. The van der Waals surface area contributed by atoms with E-state index in [-0.39, 0.29) is 17.6 Å². The van der Waals surface area contributed by atoms with Crippen molar-refractivity contribution in [3.63, 3.8) is 0 Å². The predicted molar refractivity (Wildman–Crippen MR) is 127 cm³/mol. The third-order valence-corrected chi connectivity index (χ3v) is 8.47. The molecule has 4 rings (SSSR count). The van der Waals surface area contributed by atoms with Crippen molar-refractivity contribution >= 4 is 55.6 Å². The van der Waals surface area contributed by atoms with Crippen LogP contribution in [0.15, 0.2) is 48.5 Å². The Morgan fingerprint density at radius 3 is 2.22 bits per heavy atom. The molecule has 11 heteroatoms. The summed E-state index contributed by atoms with van der Waals surface area (Å²) in [5, 5.41) is 13.3. The molecule has 168 valence electrons. The van der Waals surface area contributed by atoms with E-state index >= 15 is 0 Å². The normalized spacial score (nSPS) is 15.6. The number of hydrogen-bond acceptors (Lipinski definition) is 6. The first kappa shape index (κ1) is 23.1. The Morgan fingerprint density at radius 1 is 1.00 bits per heavy atom. The van der Waals surface area contributed by atoms with Gasteiger partial charge in [-0.25, -0.2) is 12.7 Å². The van der Waals surface area contributed by atoms with Crippen LogP contribution in [0.5, 0.6) is 0 Å². The van der Waals surface area contributed by atoms with E-state index in [1.165, 1.54) is 15.6 Å². The second kappa shape index (κ2) is 9.84. The summed E-state index contributed by atoms with van der Waals surface area (Å²) in [5.74, 6) is -0.530. The summed E-state index contributed by atoms with van der Waals surface area (Å²) in [5.41, 5.74) is 1.55. The molecular formula is C21H20Cl2N4O3S2. The first-order valence-corrected chi connectivity index (χ1v) is 13.1. The van der Waals surface area contributed by atoms with Crippen LogP contribution in [0.1, 0.15) is 18.4 Å². The smallest absolute Gasteiger partial charge is 0.229 e. The first-order chi connectivity index (χ1) is 15.3. The molecule has 2 heterocycles. The van der Waals surface area contributed by atoms with Crippen molar-refractivity contribution in [3.8, 4) is 10.6 Å². The molecule has 1 fully saturated rings. The van der Waals surface area contributed by atoms with E-state index < -0.39 is 10.0 Å². The van der Waals surface area contributed by atoms with E-state index in [4.69, 9.17) is 23.2 Å². The number of carbonyl (C=O) groups excluding carboxylic acids is 1. The number of sulfonamides is 1. The number of nitrogens with zero attached hydrogens (tertiary/aromatic N) is 3. The molecule has 1 aromatic heterocycles. The number of piperidine rings is 1. The fourth-order valence-corrected chi connectivity index (χ4v) is 6.04. The summed E-state index contributed by atoms with van der Waals surface area (Å²) >= 11 is 13.0. The Morgan fingerprint density at radius 2 is 1.59 bits per heavy atom. The minimum Gasteiger partial charge on any atom is -0.300 e. The molecule has 0 unspecified atom stereocenters. The number of halogens is 2. The molecule has 0 bridgehead atoms. The molecule has 3 aromatic rings. The molecule has 1 aliphatic heterocycles. The van der Waals surface area contributed by atoms with Crippen LogP contribution in [0.2, 0.25) is 10.0 Å². The SMILES string of the molecule is O=C(Nc1nnc(-c2ccc(Cl)cc2)s1)C1CCN(S(=O)(=O)Cc2ccc(Cl)cc2)CC1. The standard InChI is InChI=1S/C21H20Cl2N4O3S2/c22-17-5-1-14(2-6-17)13-32(29,30)27-11-9-15(10-12-27)19(28)24-21-26-25-20(31-21)16-3-7-18(23)8-4-16/h1-8,15H,9-13H2,(H,24,26,28). The molecule has 0 radical (unpaired) electrons. The number of hydrogen-bond donors (Lipinski definition) is 1. The van der Waals surface area contributed by atoms with Crippen molar-refractivity contribution in [2.45, 2.75) is 18.6 Å². The zero-order valence-corrected chi connectivity index (χ0v) is 20.0. The van der Waals surface area contributed by atoms with Crippen molar-refractivity contribution in [3.05, 3.63) is 64.1 Å². The minimum atomic E-state index is -3.46. The van der Waals surface area contributed by atoms with Gasteiger partial charge in [-0.05, 0) is 42.7 Å². The molecule has 32 heavy (non-hydrogen) atoms. The van der Waals surface area contributed by atoms with E-state index in [1.54, 1.807) is 36.4 Å². The van der Waals surface area contributed by atoms with Gasteiger partial charge in [0, 0.05) is 34.6 Å². The molecule has 1 aliphatic rings. The Balaban J connectivity index is 1.31. The third-order valence-electron chi connectivity index (χ3n) is 5.23. The lowest BCUT2D eigenvalue weighted by Crippen LogP contribution is -2.41. The molecular weight excluding hydrogens is 491 g/mol. The monoisotopic (exact) mass is 510 g/mol. The topological polar surface area (TPSA) is 92.3 Å². The van der Waals surface area contributed by atoms with Crippen molar-refractivity contribution in [1.29, 1.82) is 0 Å². The third kappa shape index (κ3) is 5.65. The number of nitrogens with one attached hydrogen (secondary N) is 1. The summed E-state index contributed by atoms with van der Waals surface area (Å²) < 4.78 is 26.9. The lowest BCUT2D eigenvalue weighted by Gasteiger charge is -2.30. The highest BCUT2D eigenvalue weighted by Gasteiger charge is 2.31. The van der Waals surface area contributed by atoms with Gasteiger partial charge < -0.3 is 5.32 Å². The van der Waals surface area contributed by atoms with Gasteiger partial charge in [0.1, 0.15) is 5.01 Å². The number of anilines is 1. The Bertz CT molecular complexity index is 1190. The van der Waals surface area contributed by atoms with Crippen molar-refractivity contribution in [1.82, 2.24) is 14.5 Å². The Labute approximate surface area is 200 Å². The minimum absolute atomic E-state index is 0.0840. The molecule has 0 atom stereocenters. The van der Waals surface area contributed by atoms with Crippen molar-refractivity contribution < 1.29 is 13.2 Å². The highest BCUT2D eigenvalue weighted by molar-refractivity contribution is 7.88. The molecule has 1 N–H and O–H groups in total. The number of benzene rings is 2. The lowest BCUT2D eigenvalue weighted by molar-refractivity contribution is -0.120. The Hall–Kier alpha value is -2.04. The number of rotatable bonds is 6. The molecule has 7 nitrogen and oxygen atoms in total. The van der Waals surface area contributed by atoms with Gasteiger partial charge in [-0.15, -0.1) is 10.2 Å². The van der Waals surface area contributed by atoms with Crippen LogP contribution in [0.4, 0.5) is 5.13 Å². The van der Waals surface area contributed by atoms with Crippen LogP contribution in [-0.2, 0) is 20.6 Å². The van der Waals surface area contributed by atoms with Gasteiger partial charge in [0.2, 0.25) is 21.1 Å². The second-order valence-corrected chi connectivity index (χ2v) is 11.3. The molecule has 1 amide bonds. The van der Waals surface area contributed by atoms with E-state index in [0.717, 1.165) is 5.56 Å². The maximum atomic E-state index is 12.7. The van der Waals surface area contributed by atoms with Gasteiger partial charge in [0.25, 0.3) is 0 Å². The van der Waals surface area contributed by atoms with Crippen molar-refractivity contribution in [2.75, 3.05) is 18.4 Å². The highest BCUT2D eigenvalue weighted by atomic mass is 35.5. The van der Waals surface area contributed by atoms with E-state index in [1.807, 2.05) is 12.1 Å². The molecule has 1 saturated heterocycles. The zero-order chi connectivity index (χ0) is 22.7. The molecule has 0 saturated carbocycles. The summed E-state index contributed by atoms with van der Waals surface area (Å²) in [6, 6.07) is 14.0. The molecule has 0 aliphatic carbocycles. The maximum Gasteiger partial charge on any atom is 0.229 e.